The number of rotatable bonds is 23. The molecular weight excluding hydrogens is 1580 g/mol. The van der Waals surface area contributed by atoms with E-state index in [1.165, 1.54) is 84.0 Å². The highest BCUT2D eigenvalue weighted by atomic mass is 35.5. The van der Waals surface area contributed by atoms with Gasteiger partial charge in [-0.05, 0) is 214 Å². The number of Topliss-reactive ketones (excluding diaryl/α,β-unsaturated/α-hetero) is 4. The molecule has 3 saturated heterocycles. The van der Waals surface area contributed by atoms with Gasteiger partial charge < -0.3 is 37.0 Å². The van der Waals surface area contributed by atoms with Gasteiger partial charge in [0.05, 0.1) is 28.4 Å². The number of hydrogen-bond acceptors (Lipinski definition) is 15. The van der Waals surface area contributed by atoms with E-state index in [-0.39, 0.29) is 23.1 Å². The van der Waals surface area contributed by atoms with E-state index in [4.69, 9.17) is 52.0 Å². The van der Waals surface area contributed by atoms with Crippen molar-refractivity contribution in [3.8, 4) is 47.4 Å². The van der Waals surface area contributed by atoms with Gasteiger partial charge in [0.25, 0.3) is 0 Å². The number of unbranched alkanes of at least 4 members (excludes halogenated alkanes) is 4. The predicted octanol–water partition coefficient (Wildman–Crippen LogP) is 21.5. The second kappa shape index (κ2) is 46.4. The molecule has 15 rings (SSSR count). The van der Waals surface area contributed by atoms with Crippen molar-refractivity contribution in [3.05, 3.63) is 289 Å². The lowest BCUT2D eigenvalue weighted by Gasteiger charge is -2.28. The second-order valence-electron chi connectivity index (χ2n) is 31.4. The molecule has 15 nitrogen and oxygen atoms in total. The highest BCUT2D eigenvalue weighted by Gasteiger charge is 2.19. The number of likely N-dealkylation sites (tertiary alicyclic amines) is 3. The first-order valence-electron chi connectivity index (χ1n) is 42.8. The highest BCUT2D eigenvalue weighted by Crippen LogP contribution is 2.30. The van der Waals surface area contributed by atoms with Crippen LogP contribution in [0.1, 0.15) is 228 Å². The molecule has 0 bridgehead atoms. The summed E-state index contributed by atoms with van der Waals surface area (Å²) in [5.74, 6) is 26.9. The fourth-order valence-electron chi connectivity index (χ4n) is 15.3. The molecule has 8 aromatic carbocycles. The van der Waals surface area contributed by atoms with Gasteiger partial charge in [-0.1, -0.05) is 212 Å². The number of nitrogens with zero attached hydrogens (tertiary/aromatic N) is 7. The average molecular weight is 1680 g/mol. The van der Waals surface area contributed by atoms with Gasteiger partial charge in [0, 0.05) is 166 Å². The standard InChI is InChI=1S/C27H28ClN3O2.C27H28ClN3O.C27H28N2O.C23H21ClN2O/c28-22-10-9-21-17-30-27(29)24(25(21)16-22)12-6-19-4-7-20(8-5-19)26(33)13-11-23(32)18-31-14-2-1-3-15-31;28-23-13-12-22-19-30-27(29)24(25(22)18-23)14-9-20-7-10-21(11-8-20)26(32)6-2-5-17-31-15-3-1-4-16-31;30-27(10-4-7-19-29-17-5-1-6-18-29)23-14-11-22(12-15-23)13-16-25-21-28-20-24-8-2-3-9-26(24)25;1-2-3-4-5-22(27)17-9-6-16(7-10-17)8-13-20-21-14-19(24)12-11-18(21)15-26-23(20)25/h4-5,7-10,16-17,23,32H,1-3,11,13-15,18H2,(H2,29,30);7-8,10-13,18-19H,1-6,15-17H2,(H2,29,30);2-3,8-9,11-12,14-15,20-21H,1,4-7,10,17-19H2;6-7,9-12,14-15H,2-5H2,1H3,(H2,25,26). The number of benzene rings is 8. The smallest absolute Gasteiger partial charge is 0.162 e. The van der Waals surface area contributed by atoms with Gasteiger partial charge in [0.2, 0.25) is 0 Å². The molecule has 0 amide bonds. The average Bonchev–Trinajstić information content (AvgIpc) is 0.809. The third-order valence-corrected chi connectivity index (χ3v) is 23.0. The maximum Gasteiger partial charge on any atom is 0.162 e. The molecule has 3 aliphatic heterocycles. The molecule has 4 aromatic heterocycles. The lowest BCUT2D eigenvalue weighted by Crippen LogP contribution is -2.36. The van der Waals surface area contributed by atoms with E-state index in [0.29, 0.717) is 93.4 Å². The van der Waals surface area contributed by atoms with Gasteiger partial charge in [0.1, 0.15) is 17.5 Å². The van der Waals surface area contributed by atoms with Crippen molar-refractivity contribution in [1.29, 1.82) is 0 Å². The number of fused-ring (bicyclic) bond motifs is 4. The number of nitrogen functional groups attached to an aromatic ring is 3. The van der Waals surface area contributed by atoms with Crippen molar-refractivity contribution in [2.24, 2.45) is 0 Å². The van der Waals surface area contributed by atoms with E-state index in [2.05, 4.69) is 95.0 Å². The molecule has 0 saturated carbocycles. The topological polar surface area (TPSA) is 228 Å². The van der Waals surface area contributed by atoms with Gasteiger partial charge in [0.15, 0.2) is 23.1 Å². The zero-order chi connectivity index (χ0) is 85.4. The fourth-order valence-corrected chi connectivity index (χ4v) is 15.8. The van der Waals surface area contributed by atoms with Gasteiger partial charge in [-0.15, -0.1) is 0 Å². The van der Waals surface area contributed by atoms with Crippen molar-refractivity contribution in [1.82, 2.24) is 34.6 Å². The van der Waals surface area contributed by atoms with Gasteiger partial charge >= 0.3 is 0 Å². The Morgan fingerprint density at radius 1 is 0.369 bits per heavy atom. The van der Waals surface area contributed by atoms with Crippen LogP contribution in [-0.4, -0.2) is 128 Å². The predicted molar refractivity (Wildman–Crippen MR) is 500 cm³/mol. The van der Waals surface area contributed by atoms with Crippen LogP contribution in [-0.2, 0) is 0 Å². The van der Waals surface area contributed by atoms with Crippen LogP contribution in [0, 0.1) is 47.4 Å². The van der Waals surface area contributed by atoms with Crippen molar-refractivity contribution in [2.45, 2.75) is 148 Å². The summed E-state index contributed by atoms with van der Waals surface area (Å²) in [6.45, 7) is 12.0. The summed E-state index contributed by atoms with van der Waals surface area (Å²) in [6, 6.07) is 54.6. The first-order valence-corrected chi connectivity index (χ1v) is 43.9. The Bertz CT molecular complexity index is 5860. The lowest BCUT2D eigenvalue weighted by atomic mass is 10.0. The number of nitrogens with two attached hydrogens (primary N) is 3. The van der Waals surface area contributed by atoms with Gasteiger partial charge in [-0.2, -0.15) is 0 Å². The number of carbonyl (C=O) groups is 4. The summed E-state index contributed by atoms with van der Waals surface area (Å²) < 4.78 is 0. The van der Waals surface area contributed by atoms with E-state index in [0.717, 1.165) is 159 Å². The monoisotopic (exact) mass is 1680 g/mol. The summed E-state index contributed by atoms with van der Waals surface area (Å²) in [4.78, 5) is 74.0. The maximum absolute atomic E-state index is 12.6. The highest BCUT2D eigenvalue weighted by molar-refractivity contribution is 6.32. The van der Waals surface area contributed by atoms with E-state index in [1.807, 2.05) is 158 Å². The Morgan fingerprint density at radius 3 is 1.08 bits per heavy atom. The normalized spacial score (nSPS) is 13.6. The number of ketones is 4. The van der Waals surface area contributed by atoms with Crippen molar-refractivity contribution >= 4 is 118 Å². The van der Waals surface area contributed by atoms with Crippen LogP contribution in [0.4, 0.5) is 17.5 Å². The summed E-state index contributed by atoms with van der Waals surface area (Å²) >= 11 is 18.4. The SMILES string of the molecule is CCCCCC(=O)c1ccc(C#Cc2c(N)ncc3ccc(Cl)cc23)cc1.Nc1ncc2ccc(Cl)cc2c1C#Cc1ccc(C(=O)CCC(O)CN2CCCCC2)cc1.Nc1ncc2ccc(Cl)cc2c1C#Cc1ccc(C(=O)CCCCN2CCCCC2)cc1.O=C(CCCCN1CCCCC1)c1ccc(C#Cc2cncc3ccccc23)cc1. The lowest BCUT2D eigenvalue weighted by molar-refractivity contribution is 0.0821. The zero-order valence-corrected chi connectivity index (χ0v) is 71.8. The number of aliphatic hydroxyl groups is 1. The Labute approximate surface area is 732 Å². The quantitative estimate of drug-likeness (QED) is 0.0265. The molecule has 1 unspecified atom stereocenters. The number of carbonyl (C=O) groups excluding carboxylic acids is 4. The van der Waals surface area contributed by atoms with Crippen molar-refractivity contribution in [2.75, 3.05) is 76.1 Å². The first kappa shape index (κ1) is 89.7. The Morgan fingerprint density at radius 2 is 0.705 bits per heavy atom. The van der Waals surface area contributed by atoms with Crippen LogP contribution in [0.3, 0.4) is 0 Å². The molecule has 0 spiro atoms. The van der Waals surface area contributed by atoms with E-state index in [1.54, 1.807) is 43.0 Å². The Hall–Kier alpha value is -11.6. The summed E-state index contributed by atoms with van der Waals surface area (Å²) in [7, 11) is 0. The van der Waals surface area contributed by atoms with Crippen LogP contribution in [0.5, 0.6) is 0 Å². The molecule has 18 heteroatoms. The third-order valence-electron chi connectivity index (χ3n) is 22.3. The second-order valence-corrected chi connectivity index (χ2v) is 32.7. The number of aromatic nitrogens is 4. The summed E-state index contributed by atoms with van der Waals surface area (Å²) in [5.41, 5.74) is 27.2. The summed E-state index contributed by atoms with van der Waals surface area (Å²) in [6.07, 6.45) is 29.8. The molecule has 1 atom stereocenters. The van der Waals surface area contributed by atoms with E-state index in [9.17, 15) is 24.3 Å². The largest absolute Gasteiger partial charge is 0.392 e. The molecule has 3 fully saturated rings. The first-order chi connectivity index (χ1) is 59.5. The number of pyridine rings is 4. The molecule has 0 radical (unpaired) electrons. The minimum Gasteiger partial charge on any atom is -0.392 e. The molecule has 7 heterocycles. The van der Waals surface area contributed by atoms with Gasteiger partial charge in [-0.3, -0.25) is 24.2 Å². The third kappa shape index (κ3) is 27.0. The number of hydrogen-bond donors (Lipinski definition) is 4. The number of anilines is 3. The Kier molecular flexibility index (Phi) is 34.1. The summed E-state index contributed by atoms with van der Waals surface area (Å²) in [5, 5.41) is 19.8. The minimum absolute atomic E-state index is 0.0318. The maximum atomic E-state index is 12.6. The van der Waals surface area contributed by atoms with E-state index < -0.39 is 6.10 Å². The minimum atomic E-state index is -0.467. The number of aliphatic hydroxyl groups excluding tert-OH is 1. The van der Waals surface area contributed by atoms with Crippen molar-refractivity contribution < 1.29 is 24.3 Å². The van der Waals surface area contributed by atoms with Crippen LogP contribution in [0.2, 0.25) is 15.1 Å². The van der Waals surface area contributed by atoms with Gasteiger partial charge in [-0.25, -0.2) is 15.0 Å². The zero-order valence-electron chi connectivity index (χ0n) is 69.5. The Balaban J connectivity index is 0.000000149. The molecule has 122 heavy (non-hydrogen) atoms. The molecular formula is C104H105Cl3N10O5. The van der Waals surface area contributed by atoms with Crippen LogP contribution < -0.4 is 17.2 Å². The molecule has 7 N–H and O–H groups in total. The fraction of sp³-hybridized carbons (Fsp3) is 0.308. The van der Waals surface area contributed by atoms with E-state index >= 15 is 0 Å². The van der Waals surface area contributed by atoms with Crippen molar-refractivity contribution in [3.63, 3.8) is 0 Å². The van der Waals surface area contributed by atoms with Crippen LogP contribution >= 0.6 is 34.8 Å². The molecule has 622 valence electrons. The number of halogens is 3. The molecule has 0 aliphatic carbocycles. The molecule has 12 aromatic rings. The number of piperidine rings is 3. The van der Waals surface area contributed by atoms with Crippen LogP contribution in [0.15, 0.2) is 207 Å². The number of β-amino-alcohol motifs (C(OH)–C–C–N with tert-alkyl or cyclic N) is 1. The van der Waals surface area contributed by atoms with Crippen LogP contribution in [0.25, 0.3) is 43.1 Å². The molecule has 3 aliphatic rings.